The maximum atomic E-state index is 15.6. The lowest BCUT2D eigenvalue weighted by Crippen LogP contribution is -2.60. The number of aliphatic hydroxyl groups is 9. The Balaban J connectivity index is 1.22. The van der Waals surface area contributed by atoms with Gasteiger partial charge in [-0.1, -0.05) is 61.3 Å². The molecule has 11 rings (SSSR count). The maximum absolute atomic E-state index is 15.6. The third-order valence-electron chi connectivity index (χ3n) is 17.5. The van der Waals surface area contributed by atoms with Crippen LogP contribution in [-0.2, 0) is 58.4 Å². The summed E-state index contributed by atoms with van der Waals surface area (Å²) in [6.07, 6.45) is -14.8. The molecule has 0 radical (unpaired) electrons. The lowest BCUT2D eigenvalue weighted by molar-refractivity contribution is -0.248. The highest BCUT2D eigenvalue weighted by molar-refractivity contribution is 6.32. The van der Waals surface area contributed by atoms with Crippen molar-refractivity contribution in [2.24, 2.45) is 23.1 Å². The summed E-state index contributed by atoms with van der Waals surface area (Å²) in [6.45, 7) is 4.18. The van der Waals surface area contributed by atoms with Crippen LogP contribution in [0.4, 0.5) is 0 Å². The van der Waals surface area contributed by atoms with E-state index in [1.807, 2.05) is 13.8 Å². The third-order valence-corrected chi connectivity index (χ3v) is 18.1. The molecule has 0 aromatic heterocycles. The zero-order valence-corrected chi connectivity index (χ0v) is 55.6. The van der Waals surface area contributed by atoms with Gasteiger partial charge in [-0.3, -0.25) is 33.6 Å². The Bertz CT molecular complexity index is 3910. The number of amides is 7. The monoisotopic (exact) mass is 1440 g/mol. The number of aliphatic hydroxyl groups excluding tert-OH is 7. The first-order valence-electron chi connectivity index (χ1n) is 31.5. The molecule has 7 aliphatic rings. The number of halogens is 2. The number of benzene rings is 4. The molecule has 34 heteroatoms. The van der Waals surface area contributed by atoms with Gasteiger partial charge in [0.2, 0.25) is 52.9 Å². The predicted molar refractivity (Wildman–Crippen MR) is 347 cm³/mol. The fourth-order valence-electron chi connectivity index (χ4n) is 12.2. The van der Waals surface area contributed by atoms with Crippen LogP contribution < -0.4 is 58.0 Å². The summed E-state index contributed by atoms with van der Waals surface area (Å²) in [5.41, 5.74) is 14.5. The molecular weight excluding hydrogens is 1360 g/mol. The standard InChI is InChI=1S/C66H78Cl2N8O24/c1-26(2)5-12-48(82)73-55-56(84)30-8-11-43(38(68)15-30)100-45-17-31-16-44(58(45)97-25-96-46(23-77)57(85)41(80)24-95-50-22-65(4,71)59(86)27(3)98-50)99-42-10-7-28(14-37(42)67)40(79)21-49(83)74-54(64(91)92)34-18-32(78)19-36-51(34)33-13-29(6-9-35(33)66(36,93)94)52(60(70)87)75-62(89)53(31)76-61(88)39(20-47(69)81)72-63(55)90/h6-11,13-18,26-27,32,39-41,46,50,52-57,59,77-80,84-86,93-94H,5,12,19-25,71H2,1-4H3,(H2,69,81)(H2,70,87)(H,72,90)(H,73,82)(H,74,83)(H,75,89)(H,76,88)(H,91,92). The van der Waals surface area contributed by atoms with E-state index in [0.29, 0.717) is 6.42 Å². The molecule has 4 aromatic rings. The minimum atomic E-state index is -2.95. The lowest BCUT2D eigenvalue weighted by atomic mass is 9.84. The molecule has 540 valence electrons. The van der Waals surface area contributed by atoms with Gasteiger partial charge in [-0.2, -0.15) is 0 Å². The van der Waals surface area contributed by atoms with Gasteiger partial charge in [-0.15, -0.1) is 0 Å². The Kier molecular flexibility index (Phi) is 23.7. The van der Waals surface area contributed by atoms with E-state index in [-0.39, 0.29) is 84.8 Å². The van der Waals surface area contributed by atoms with E-state index in [1.54, 1.807) is 13.8 Å². The zero-order valence-electron chi connectivity index (χ0n) is 54.1. The second-order valence-electron chi connectivity index (χ2n) is 25.6. The van der Waals surface area contributed by atoms with Crippen molar-refractivity contribution in [2.45, 2.75) is 163 Å². The molecular formula is C66H78Cl2N8O24. The van der Waals surface area contributed by atoms with Gasteiger partial charge in [0, 0.05) is 35.9 Å². The SMILES string of the molecule is CC(C)CCC(=O)NC1C(=O)NC(CC(N)=O)C(=O)NC2C(=O)NC(C(N)=O)c3ccc4c(c3)C3=C(CC(O)C=C3C(C(=O)O)NC(=O)CC(O)c3ccc(c(Cl)c3)Oc3cc2cc(c3OCOC(CO)C(O)C(O)COC2CC(C)(N)C(O)C(C)O2)Oc2ccc(cc2Cl)C1O)C4(O)O. The van der Waals surface area contributed by atoms with Gasteiger partial charge in [0.15, 0.2) is 30.6 Å². The number of hydrogen-bond acceptors (Lipinski definition) is 24. The Labute approximate surface area is 580 Å². The molecule has 5 heterocycles. The fourth-order valence-corrected chi connectivity index (χ4v) is 12.6. The summed E-state index contributed by atoms with van der Waals surface area (Å²) in [4.78, 5) is 113. The number of rotatable bonds is 18. The van der Waals surface area contributed by atoms with Crippen molar-refractivity contribution in [2.75, 3.05) is 20.0 Å². The first kappa shape index (κ1) is 75.8. The Morgan fingerprint density at radius 2 is 1.43 bits per heavy atom. The minimum absolute atomic E-state index is 0.00171. The van der Waals surface area contributed by atoms with E-state index in [2.05, 4.69) is 26.6 Å². The van der Waals surface area contributed by atoms with Gasteiger partial charge < -0.3 is 123 Å². The number of aliphatic carboxylic acids is 1. The number of carbonyl (C=O) groups excluding carboxylic acids is 7. The van der Waals surface area contributed by atoms with Gasteiger partial charge >= 0.3 is 5.97 Å². The van der Waals surface area contributed by atoms with E-state index in [0.717, 1.165) is 48.5 Å². The summed E-state index contributed by atoms with van der Waals surface area (Å²) in [5, 5.41) is 124. The Morgan fingerprint density at radius 1 is 0.790 bits per heavy atom. The number of primary amides is 2. The first-order valence-corrected chi connectivity index (χ1v) is 32.3. The minimum Gasteiger partial charge on any atom is -0.479 e. The maximum Gasteiger partial charge on any atom is 0.330 e. The van der Waals surface area contributed by atoms with Crippen LogP contribution in [0, 0.1) is 5.92 Å². The van der Waals surface area contributed by atoms with Crippen LogP contribution in [-0.4, -0.2) is 185 Å². The molecule has 15 unspecified atom stereocenters. The molecule has 1 saturated heterocycles. The van der Waals surface area contributed by atoms with E-state index in [4.69, 9.17) is 68.8 Å². The van der Waals surface area contributed by atoms with Gasteiger partial charge in [0.1, 0.15) is 60.1 Å². The average Bonchev–Trinajstić information content (AvgIpc) is 1.56. The van der Waals surface area contributed by atoms with Crippen molar-refractivity contribution in [3.8, 4) is 28.7 Å². The van der Waals surface area contributed by atoms with Crippen molar-refractivity contribution in [3.05, 3.63) is 127 Å². The highest BCUT2D eigenvalue weighted by Gasteiger charge is 2.49. The van der Waals surface area contributed by atoms with Crippen LogP contribution in [0.5, 0.6) is 28.7 Å². The summed E-state index contributed by atoms with van der Waals surface area (Å²) in [5.74, 6) is -15.3. The molecule has 0 saturated carbocycles. The van der Waals surface area contributed by atoms with E-state index < -0.39 is 206 Å². The third kappa shape index (κ3) is 17.0. The topological polar surface area (TPSA) is 532 Å². The molecule has 0 spiro atoms. The summed E-state index contributed by atoms with van der Waals surface area (Å²) >= 11 is 13.9. The number of carboxylic acid groups (broad SMARTS) is 1. The molecule has 1 fully saturated rings. The zero-order chi connectivity index (χ0) is 73.1. The highest BCUT2D eigenvalue weighted by atomic mass is 35.5. The number of hydrogen-bond donors (Lipinski definition) is 18. The largest absolute Gasteiger partial charge is 0.479 e. The predicted octanol–water partition coefficient (Wildman–Crippen LogP) is -0.326. The summed E-state index contributed by atoms with van der Waals surface area (Å²) < 4.78 is 36.4. The molecule has 100 heavy (non-hydrogen) atoms. The van der Waals surface area contributed by atoms with Crippen LogP contribution in [0.2, 0.25) is 10.0 Å². The second-order valence-corrected chi connectivity index (χ2v) is 26.4. The van der Waals surface area contributed by atoms with Crippen molar-refractivity contribution in [3.63, 3.8) is 0 Å². The van der Waals surface area contributed by atoms with Gasteiger partial charge in [0.05, 0.1) is 60.5 Å². The lowest BCUT2D eigenvalue weighted by Gasteiger charge is -2.43. The van der Waals surface area contributed by atoms with Gasteiger partial charge in [0.25, 0.3) is 0 Å². The van der Waals surface area contributed by atoms with Crippen molar-refractivity contribution in [1.29, 1.82) is 0 Å². The highest BCUT2D eigenvalue weighted by Crippen LogP contribution is 2.52. The first-order chi connectivity index (χ1) is 47.1. The average molecular weight is 1440 g/mol. The number of nitrogens with two attached hydrogens (primary N) is 3. The molecule has 5 aliphatic heterocycles. The van der Waals surface area contributed by atoms with Crippen molar-refractivity contribution in [1.82, 2.24) is 26.6 Å². The quantitative estimate of drug-likeness (QED) is 0.0567. The van der Waals surface area contributed by atoms with Crippen LogP contribution >= 0.6 is 23.2 Å². The molecule has 7 amide bonds. The van der Waals surface area contributed by atoms with Gasteiger partial charge in [-0.25, -0.2) is 4.79 Å². The number of carbonyl (C=O) groups is 8. The van der Waals surface area contributed by atoms with E-state index in [1.165, 1.54) is 24.3 Å². The van der Waals surface area contributed by atoms with Crippen LogP contribution in [0.3, 0.4) is 0 Å². The van der Waals surface area contributed by atoms with Crippen molar-refractivity contribution >= 4 is 76.1 Å². The van der Waals surface area contributed by atoms with Crippen molar-refractivity contribution < 1.29 is 118 Å². The normalized spacial score (nSPS) is 27.0. The molecule has 9 bridgehead atoms. The number of carboxylic acids is 1. The Hall–Kier alpha value is -8.42. The van der Waals surface area contributed by atoms with E-state index in [9.17, 15) is 79.8 Å². The molecule has 4 aromatic carbocycles. The van der Waals surface area contributed by atoms with E-state index >= 15 is 9.59 Å². The fraction of sp³-hybridized carbons (Fsp3) is 0.455. The Morgan fingerprint density at radius 3 is 2.03 bits per heavy atom. The summed E-state index contributed by atoms with van der Waals surface area (Å²) in [6, 6.07) is 2.24. The number of ether oxygens (including phenoxy) is 6. The second kappa shape index (κ2) is 31.2. The van der Waals surface area contributed by atoms with Gasteiger partial charge in [-0.05, 0) is 114 Å². The molecule has 15 atom stereocenters. The summed E-state index contributed by atoms with van der Waals surface area (Å²) in [7, 11) is 0. The molecule has 2 aliphatic carbocycles. The molecule has 32 nitrogen and oxygen atoms in total. The number of fused-ring (bicyclic) bond motifs is 16. The molecule has 21 N–H and O–H groups in total. The van der Waals surface area contributed by atoms with Crippen LogP contribution in [0.1, 0.15) is 124 Å². The van der Waals surface area contributed by atoms with Crippen LogP contribution in [0.15, 0.2) is 84.0 Å². The smallest absolute Gasteiger partial charge is 0.330 e. The number of nitrogens with one attached hydrogen (secondary N) is 5. The van der Waals surface area contributed by atoms with Crippen LogP contribution in [0.25, 0.3) is 5.57 Å².